The van der Waals surface area contributed by atoms with Crippen molar-refractivity contribution in [2.45, 2.75) is 13.0 Å². The van der Waals surface area contributed by atoms with Crippen LogP contribution in [-0.2, 0) is 14.3 Å². The first-order valence-corrected chi connectivity index (χ1v) is 11.6. The molecule has 1 atom stereocenters. The third-order valence-electron chi connectivity index (χ3n) is 5.52. The number of hydrogen-bond donors (Lipinski definition) is 1. The predicted octanol–water partition coefficient (Wildman–Crippen LogP) is 4.57. The number of carbonyl (C=O) groups excluding carboxylic acids is 3. The molecular weight excluding hydrogens is 487 g/mol. The number of hydrogen-bond acceptors (Lipinski definition) is 8. The van der Waals surface area contributed by atoms with Gasteiger partial charge in [0.1, 0.15) is 34.9 Å². The summed E-state index contributed by atoms with van der Waals surface area (Å²) >= 11 is 0.830. The van der Waals surface area contributed by atoms with Crippen molar-refractivity contribution < 1.29 is 33.4 Å². The number of halogens is 1. The highest BCUT2D eigenvalue weighted by molar-refractivity contribution is 7.17. The van der Waals surface area contributed by atoms with E-state index in [0.29, 0.717) is 5.75 Å². The topological polar surface area (TPSA) is 106 Å². The van der Waals surface area contributed by atoms with Gasteiger partial charge in [-0.25, -0.2) is 14.2 Å². The maximum Gasteiger partial charge on any atom is 0.350 e. The predicted molar refractivity (Wildman–Crippen MR) is 132 cm³/mol. The Morgan fingerprint density at radius 3 is 2.56 bits per heavy atom. The number of benzene rings is 2. The number of ketones is 1. The monoisotopic (exact) mass is 508 g/mol. The average molecular weight is 509 g/mol. The van der Waals surface area contributed by atoms with Crippen molar-refractivity contribution in [3.63, 3.8) is 0 Å². The number of methoxy groups -OCH3 is 1. The van der Waals surface area contributed by atoms with Crippen LogP contribution >= 0.6 is 11.3 Å². The number of anilines is 1. The molecule has 0 bridgehead atoms. The van der Waals surface area contributed by atoms with Gasteiger partial charge in [-0.1, -0.05) is 42.2 Å². The van der Waals surface area contributed by atoms with E-state index in [1.165, 1.54) is 43.5 Å². The Balaban J connectivity index is 1.89. The van der Waals surface area contributed by atoms with Gasteiger partial charge in [-0.2, -0.15) is 0 Å². The van der Waals surface area contributed by atoms with Gasteiger partial charge in [-0.3, -0.25) is 14.5 Å². The molecule has 2 heterocycles. The van der Waals surface area contributed by atoms with Crippen molar-refractivity contribution >= 4 is 39.9 Å². The molecule has 36 heavy (non-hydrogen) atoms. The number of amides is 1. The molecule has 1 amide bonds. The summed E-state index contributed by atoms with van der Waals surface area (Å²) in [6, 6.07) is 10.5. The molecule has 0 aliphatic carbocycles. The number of nitrogens with zero attached hydrogens (tertiary/aromatic N) is 2. The van der Waals surface area contributed by atoms with Crippen LogP contribution in [0.25, 0.3) is 5.76 Å². The van der Waals surface area contributed by atoms with E-state index in [2.05, 4.69) is 11.6 Å². The number of ether oxygens (including phenoxy) is 2. The van der Waals surface area contributed by atoms with Crippen LogP contribution in [0.5, 0.6) is 5.75 Å². The van der Waals surface area contributed by atoms with Gasteiger partial charge in [0.15, 0.2) is 5.13 Å². The second kappa shape index (κ2) is 10.1. The molecule has 2 aromatic carbocycles. The molecule has 0 saturated carbocycles. The maximum atomic E-state index is 15.0. The minimum absolute atomic E-state index is 0.0119. The normalized spacial score (nSPS) is 16.8. The van der Waals surface area contributed by atoms with Gasteiger partial charge < -0.3 is 14.6 Å². The molecular formula is C26H21FN2O6S. The first kappa shape index (κ1) is 24.8. The molecule has 4 rings (SSSR count). The van der Waals surface area contributed by atoms with Gasteiger partial charge in [0.2, 0.25) is 0 Å². The van der Waals surface area contributed by atoms with Crippen LogP contribution in [0.3, 0.4) is 0 Å². The van der Waals surface area contributed by atoms with Crippen molar-refractivity contribution in [1.82, 2.24) is 4.98 Å². The molecule has 8 nitrogen and oxygen atoms in total. The summed E-state index contributed by atoms with van der Waals surface area (Å²) < 4.78 is 25.2. The lowest BCUT2D eigenvalue weighted by Gasteiger charge is -2.23. The highest BCUT2D eigenvalue weighted by Crippen LogP contribution is 2.44. The van der Waals surface area contributed by atoms with Crippen LogP contribution in [-0.4, -0.2) is 41.5 Å². The Kier molecular flexibility index (Phi) is 6.98. The largest absolute Gasteiger partial charge is 0.507 e. The van der Waals surface area contributed by atoms with Crippen molar-refractivity contribution in [1.29, 1.82) is 0 Å². The zero-order valence-electron chi connectivity index (χ0n) is 19.4. The van der Waals surface area contributed by atoms with E-state index >= 15 is 4.39 Å². The second-order valence-electron chi connectivity index (χ2n) is 7.72. The first-order chi connectivity index (χ1) is 17.3. The smallest absolute Gasteiger partial charge is 0.350 e. The molecule has 3 aromatic rings. The number of aliphatic hydroxyl groups is 1. The molecule has 1 saturated heterocycles. The SMILES string of the molecule is C=CCOC(=O)c1sc(N2C(=O)C(=O)/C(=C(/O)c3ccc(OC)cc3)C2c2ccccc2F)nc1C. The summed E-state index contributed by atoms with van der Waals surface area (Å²) in [7, 11) is 1.48. The van der Waals surface area contributed by atoms with Gasteiger partial charge in [0.25, 0.3) is 5.78 Å². The zero-order valence-corrected chi connectivity index (χ0v) is 20.2. The fourth-order valence-corrected chi connectivity index (χ4v) is 4.79. The molecule has 0 spiro atoms. The molecule has 1 unspecified atom stereocenters. The molecule has 1 N–H and O–H groups in total. The van der Waals surface area contributed by atoms with Crippen LogP contribution in [0.15, 0.2) is 66.8 Å². The number of aryl methyl sites for hydroxylation is 1. The Labute approximate surface area is 209 Å². The van der Waals surface area contributed by atoms with Crippen molar-refractivity contribution in [2.75, 3.05) is 18.6 Å². The Hall–Kier alpha value is -4.31. The van der Waals surface area contributed by atoms with E-state index in [-0.39, 0.29) is 39.0 Å². The van der Waals surface area contributed by atoms with E-state index in [0.717, 1.165) is 16.2 Å². The standard InChI is InChI=1S/C26H21FN2O6S/c1-4-13-35-25(33)23-14(2)28-26(36-23)29-20(17-7-5-6-8-18(17)27)19(22(31)24(29)32)21(30)15-9-11-16(34-3)12-10-15/h4-12,20,30H,1,13H2,2-3H3/b21-19+. The summed E-state index contributed by atoms with van der Waals surface area (Å²) in [6.45, 7) is 5.03. The first-order valence-electron chi connectivity index (χ1n) is 10.7. The van der Waals surface area contributed by atoms with Crippen LogP contribution in [0.2, 0.25) is 0 Å². The second-order valence-corrected chi connectivity index (χ2v) is 8.69. The molecule has 1 aliphatic heterocycles. The summed E-state index contributed by atoms with van der Waals surface area (Å²) in [5.41, 5.74) is 0.182. The summed E-state index contributed by atoms with van der Waals surface area (Å²) in [5.74, 6) is -3.35. The van der Waals surface area contributed by atoms with E-state index in [1.54, 1.807) is 25.1 Å². The number of aromatic nitrogens is 1. The van der Waals surface area contributed by atoms with E-state index in [4.69, 9.17) is 9.47 Å². The summed E-state index contributed by atoms with van der Waals surface area (Å²) in [5, 5.41) is 11.1. The van der Waals surface area contributed by atoms with Crippen LogP contribution < -0.4 is 9.64 Å². The third kappa shape index (κ3) is 4.38. The lowest BCUT2D eigenvalue weighted by Crippen LogP contribution is -2.29. The lowest BCUT2D eigenvalue weighted by molar-refractivity contribution is -0.132. The third-order valence-corrected chi connectivity index (χ3v) is 6.65. The zero-order chi connectivity index (χ0) is 26.0. The minimum atomic E-state index is -1.32. The minimum Gasteiger partial charge on any atom is -0.507 e. The van der Waals surface area contributed by atoms with Crippen molar-refractivity contribution in [2.24, 2.45) is 0 Å². The lowest BCUT2D eigenvalue weighted by atomic mass is 9.95. The van der Waals surface area contributed by atoms with E-state index in [9.17, 15) is 19.5 Å². The van der Waals surface area contributed by atoms with Gasteiger partial charge in [0.05, 0.1) is 18.4 Å². The van der Waals surface area contributed by atoms with Gasteiger partial charge in [0, 0.05) is 11.1 Å². The van der Waals surface area contributed by atoms with Gasteiger partial charge in [-0.15, -0.1) is 0 Å². The summed E-state index contributed by atoms with van der Waals surface area (Å²) in [6.07, 6.45) is 1.41. The van der Waals surface area contributed by atoms with Gasteiger partial charge >= 0.3 is 11.9 Å². The molecule has 10 heteroatoms. The Morgan fingerprint density at radius 1 is 1.22 bits per heavy atom. The molecule has 0 radical (unpaired) electrons. The number of rotatable bonds is 7. The molecule has 184 valence electrons. The highest BCUT2D eigenvalue weighted by Gasteiger charge is 2.49. The number of Topliss-reactive ketones (excluding diaryl/α,β-unsaturated/α-hetero) is 1. The van der Waals surface area contributed by atoms with Crippen LogP contribution in [0, 0.1) is 12.7 Å². The number of carbonyl (C=O) groups is 3. The van der Waals surface area contributed by atoms with E-state index < -0.39 is 35.3 Å². The quantitative estimate of drug-likeness (QED) is 0.164. The number of aliphatic hydroxyl groups excluding tert-OH is 1. The molecule has 1 aromatic heterocycles. The highest BCUT2D eigenvalue weighted by atomic mass is 32.1. The maximum absolute atomic E-state index is 15.0. The fraction of sp³-hybridized carbons (Fsp3) is 0.154. The van der Waals surface area contributed by atoms with Crippen molar-refractivity contribution in [3.05, 3.63) is 94.3 Å². The molecule has 1 aliphatic rings. The number of esters is 1. The summed E-state index contributed by atoms with van der Waals surface area (Å²) in [4.78, 5) is 44.3. The van der Waals surface area contributed by atoms with Gasteiger partial charge in [-0.05, 0) is 37.3 Å². The number of thiazole rings is 1. The Bertz CT molecular complexity index is 1400. The van der Waals surface area contributed by atoms with Crippen LogP contribution in [0.4, 0.5) is 9.52 Å². The molecule has 1 fully saturated rings. The fourth-order valence-electron chi connectivity index (χ4n) is 3.80. The average Bonchev–Trinajstić information content (AvgIpc) is 3.39. The van der Waals surface area contributed by atoms with Crippen LogP contribution in [0.1, 0.15) is 32.5 Å². The van der Waals surface area contributed by atoms with E-state index in [1.807, 2.05) is 0 Å². The Morgan fingerprint density at radius 2 is 1.92 bits per heavy atom. The van der Waals surface area contributed by atoms with Crippen molar-refractivity contribution in [3.8, 4) is 5.75 Å².